The van der Waals surface area contributed by atoms with Crippen molar-refractivity contribution in [3.8, 4) is 5.75 Å². The number of carboxylic acids is 1. The summed E-state index contributed by atoms with van der Waals surface area (Å²) < 4.78 is 0. The van der Waals surface area contributed by atoms with Crippen LogP contribution in [0.4, 0.5) is 0 Å². The Hall–Kier alpha value is -1.59. The van der Waals surface area contributed by atoms with Crippen molar-refractivity contribution in [3.05, 3.63) is 29.8 Å². The predicted molar refractivity (Wildman–Crippen MR) is 58.0 cm³/mol. The van der Waals surface area contributed by atoms with Crippen LogP contribution in [0.15, 0.2) is 24.3 Å². The molecule has 0 saturated carbocycles. The van der Waals surface area contributed by atoms with E-state index in [1.54, 1.807) is 19.1 Å². The summed E-state index contributed by atoms with van der Waals surface area (Å²) in [5, 5.41) is 18.0. The normalized spacial score (nSPS) is 12.3. The highest BCUT2D eigenvalue weighted by atomic mass is 16.6. The van der Waals surface area contributed by atoms with Crippen LogP contribution in [-0.2, 0) is 16.1 Å². The second-order valence-electron chi connectivity index (χ2n) is 3.31. The molecule has 88 valence electrons. The summed E-state index contributed by atoms with van der Waals surface area (Å²) >= 11 is 0. The van der Waals surface area contributed by atoms with Gasteiger partial charge in [-0.15, -0.1) is 0 Å². The lowest BCUT2D eigenvalue weighted by atomic mass is 10.1. The Morgan fingerprint density at radius 1 is 1.44 bits per heavy atom. The van der Waals surface area contributed by atoms with E-state index in [-0.39, 0.29) is 5.75 Å². The third-order valence-corrected chi connectivity index (χ3v) is 2.04. The topological polar surface area (TPSA) is 78.8 Å². The first kappa shape index (κ1) is 12.5. The van der Waals surface area contributed by atoms with Crippen molar-refractivity contribution in [2.24, 2.45) is 0 Å². The summed E-state index contributed by atoms with van der Waals surface area (Å²) in [4.78, 5) is 15.8. The Balaban J connectivity index is 2.60. The summed E-state index contributed by atoms with van der Waals surface area (Å²) in [6.07, 6.45) is 0.301. The number of hydrogen-bond acceptors (Lipinski definition) is 4. The second-order valence-corrected chi connectivity index (χ2v) is 3.31. The van der Waals surface area contributed by atoms with Crippen molar-refractivity contribution in [3.63, 3.8) is 0 Å². The fourth-order valence-corrected chi connectivity index (χ4v) is 1.23. The highest BCUT2D eigenvalue weighted by Gasteiger charge is 2.17. The third kappa shape index (κ3) is 3.88. The highest BCUT2D eigenvalue weighted by Crippen LogP contribution is 2.11. The zero-order valence-corrected chi connectivity index (χ0v) is 9.01. The number of carboxylic acid groups (broad SMARTS) is 1. The number of hydroxylamine groups is 1. The molecule has 1 aromatic carbocycles. The molecule has 0 spiro atoms. The lowest BCUT2D eigenvalue weighted by Crippen LogP contribution is -2.38. The molecule has 0 saturated heterocycles. The summed E-state index contributed by atoms with van der Waals surface area (Å²) in [7, 11) is 0. The zero-order chi connectivity index (χ0) is 12.0. The van der Waals surface area contributed by atoms with Crippen molar-refractivity contribution >= 4 is 5.97 Å². The first-order valence-corrected chi connectivity index (χ1v) is 5.01. The molecule has 5 heteroatoms. The van der Waals surface area contributed by atoms with Crippen LogP contribution >= 0.6 is 0 Å². The molecule has 0 heterocycles. The van der Waals surface area contributed by atoms with Gasteiger partial charge < -0.3 is 15.1 Å². The number of aromatic hydroxyl groups is 1. The van der Waals surface area contributed by atoms with Crippen molar-refractivity contribution in [2.75, 3.05) is 6.61 Å². The van der Waals surface area contributed by atoms with Crippen LogP contribution in [0.3, 0.4) is 0 Å². The quantitative estimate of drug-likeness (QED) is 0.628. The molecule has 0 aliphatic rings. The van der Waals surface area contributed by atoms with Crippen LogP contribution in [0.5, 0.6) is 5.75 Å². The summed E-state index contributed by atoms with van der Waals surface area (Å²) in [5.74, 6) is -0.810. The fourth-order valence-electron chi connectivity index (χ4n) is 1.23. The summed E-state index contributed by atoms with van der Waals surface area (Å²) in [5.41, 5.74) is 3.29. The molecule has 0 amide bonds. The van der Waals surface area contributed by atoms with Gasteiger partial charge in [-0.25, -0.2) is 0 Å². The minimum absolute atomic E-state index is 0.161. The molecule has 1 atom stereocenters. The van der Waals surface area contributed by atoms with Gasteiger partial charge in [0, 0.05) is 6.42 Å². The molecule has 16 heavy (non-hydrogen) atoms. The van der Waals surface area contributed by atoms with Gasteiger partial charge in [0.15, 0.2) is 0 Å². The molecule has 5 nitrogen and oxygen atoms in total. The number of phenols is 1. The predicted octanol–water partition coefficient (Wildman–Crippen LogP) is 0.929. The van der Waals surface area contributed by atoms with E-state index < -0.39 is 12.0 Å². The van der Waals surface area contributed by atoms with Gasteiger partial charge in [0.2, 0.25) is 0 Å². The molecular formula is C11H15NO4. The molecule has 0 aromatic heterocycles. The first-order valence-electron chi connectivity index (χ1n) is 5.01. The van der Waals surface area contributed by atoms with Gasteiger partial charge in [-0.2, -0.15) is 5.48 Å². The summed E-state index contributed by atoms with van der Waals surface area (Å²) in [6.45, 7) is 2.17. The number of benzene rings is 1. The lowest BCUT2D eigenvalue weighted by molar-refractivity contribution is -0.143. The van der Waals surface area contributed by atoms with Crippen LogP contribution in [0.2, 0.25) is 0 Å². The number of hydrogen-bond donors (Lipinski definition) is 3. The fraction of sp³-hybridized carbons (Fsp3) is 0.364. The Kier molecular flexibility index (Phi) is 4.75. The highest BCUT2D eigenvalue weighted by molar-refractivity contribution is 5.73. The van der Waals surface area contributed by atoms with E-state index in [4.69, 9.17) is 15.1 Å². The largest absolute Gasteiger partial charge is 0.508 e. The average Bonchev–Trinajstić information content (AvgIpc) is 2.26. The van der Waals surface area contributed by atoms with Crippen LogP contribution in [0, 0.1) is 0 Å². The van der Waals surface area contributed by atoms with Crippen molar-refractivity contribution < 1.29 is 19.8 Å². The Morgan fingerprint density at radius 3 is 2.56 bits per heavy atom. The van der Waals surface area contributed by atoms with Crippen molar-refractivity contribution in [1.82, 2.24) is 5.48 Å². The van der Waals surface area contributed by atoms with Gasteiger partial charge in [0.25, 0.3) is 0 Å². The van der Waals surface area contributed by atoms with Gasteiger partial charge >= 0.3 is 5.97 Å². The molecule has 1 unspecified atom stereocenters. The second kappa shape index (κ2) is 6.09. The third-order valence-electron chi connectivity index (χ3n) is 2.04. The van der Waals surface area contributed by atoms with Gasteiger partial charge in [-0.05, 0) is 24.6 Å². The maximum absolute atomic E-state index is 10.9. The Morgan fingerprint density at radius 2 is 2.06 bits per heavy atom. The van der Waals surface area contributed by atoms with Crippen LogP contribution in [-0.4, -0.2) is 28.8 Å². The molecule has 1 rings (SSSR count). The maximum atomic E-state index is 10.9. The van der Waals surface area contributed by atoms with E-state index in [0.717, 1.165) is 5.56 Å². The Labute approximate surface area is 93.6 Å². The van der Waals surface area contributed by atoms with E-state index in [1.165, 1.54) is 12.1 Å². The smallest absolute Gasteiger partial charge is 0.323 e. The number of aliphatic carboxylic acids is 1. The molecule has 1 aromatic rings. The number of nitrogens with one attached hydrogen (secondary N) is 1. The van der Waals surface area contributed by atoms with E-state index >= 15 is 0 Å². The van der Waals surface area contributed by atoms with E-state index in [1.807, 2.05) is 0 Å². The molecule has 3 N–H and O–H groups in total. The number of phenolic OH excluding ortho intramolecular Hbond substituents is 1. The van der Waals surface area contributed by atoms with Gasteiger partial charge in [0.05, 0.1) is 6.61 Å². The average molecular weight is 225 g/mol. The molecule has 0 aliphatic heterocycles. The van der Waals surface area contributed by atoms with Crippen LogP contribution in [0.25, 0.3) is 0 Å². The minimum Gasteiger partial charge on any atom is -0.508 e. The number of carbonyl (C=O) groups is 1. The van der Waals surface area contributed by atoms with Crippen LogP contribution < -0.4 is 5.48 Å². The van der Waals surface area contributed by atoms with E-state index in [0.29, 0.717) is 13.0 Å². The minimum atomic E-state index is -0.971. The van der Waals surface area contributed by atoms with Crippen LogP contribution in [0.1, 0.15) is 12.5 Å². The molecule has 0 aliphatic carbocycles. The monoisotopic (exact) mass is 225 g/mol. The molecular weight excluding hydrogens is 210 g/mol. The van der Waals surface area contributed by atoms with Gasteiger partial charge in [-0.3, -0.25) is 4.79 Å². The van der Waals surface area contributed by atoms with Gasteiger partial charge in [-0.1, -0.05) is 12.1 Å². The zero-order valence-electron chi connectivity index (χ0n) is 9.01. The SMILES string of the molecule is CCONC(Cc1ccc(O)cc1)C(=O)O. The molecule has 0 fully saturated rings. The van der Waals surface area contributed by atoms with Gasteiger partial charge in [0.1, 0.15) is 11.8 Å². The summed E-state index contributed by atoms with van der Waals surface area (Å²) in [6, 6.07) is 5.62. The van der Waals surface area contributed by atoms with Crippen molar-refractivity contribution in [2.45, 2.75) is 19.4 Å². The standard InChI is InChI=1S/C11H15NO4/c1-2-16-12-10(11(14)15)7-8-3-5-9(13)6-4-8/h3-6,10,12-13H,2,7H2,1H3,(H,14,15). The van der Waals surface area contributed by atoms with E-state index in [9.17, 15) is 4.79 Å². The lowest BCUT2D eigenvalue weighted by Gasteiger charge is -2.13. The molecule has 0 radical (unpaired) electrons. The Bertz CT molecular complexity index is 336. The maximum Gasteiger partial charge on any atom is 0.323 e. The van der Waals surface area contributed by atoms with Crippen molar-refractivity contribution in [1.29, 1.82) is 0 Å². The van der Waals surface area contributed by atoms with E-state index in [2.05, 4.69) is 5.48 Å². The molecule has 0 bridgehead atoms. The first-order chi connectivity index (χ1) is 7.63. The number of rotatable bonds is 6.